The molecule has 0 saturated carbocycles. The Morgan fingerprint density at radius 3 is 2.59 bits per heavy atom. The maximum atomic E-state index is 13.6. The average molecular weight is 319 g/mol. The van der Waals surface area contributed by atoms with Gasteiger partial charge in [0.2, 0.25) is 5.91 Å². The van der Waals surface area contributed by atoms with Gasteiger partial charge in [0.05, 0.1) is 6.42 Å². The highest BCUT2D eigenvalue weighted by atomic mass is 19.4. The van der Waals surface area contributed by atoms with Gasteiger partial charge in [-0.05, 0) is 12.1 Å². The highest BCUT2D eigenvalue weighted by molar-refractivity contribution is 5.78. The molecule has 0 saturated heterocycles. The zero-order chi connectivity index (χ0) is 16.3. The van der Waals surface area contributed by atoms with Crippen molar-refractivity contribution < 1.29 is 26.7 Å². The summed E-state index contributed by atoms with van der Waals surface area (Å²) in [5.74, 6) is -4.07. The summed E-state index contributed by atoms with van der Waals surface area (Å²) >= 11 is 0. The minimum atomic E-state index is -4.97. The lowest BCUT2D eigenvalue weighted by molar-refractivity contribution is -0.163. The van der Waals surface area contributed by atoms with Crippen LogP contribution in [0.1, 0.15) is 17.3 Å². The van der Waals surface area contributed by atoms with Gasteiger partial charge in [0.1, 0.15) is 0 Å². The molecular weight excluding hydrogens is 309 g/mol. The van der Waals surface area contributed by atoms with Gasteiger partial charge in [-0.25, -0.2) is 8.78 Å². The van der Waals surface area contributed by atoms with Crippen molar-refractivity contribution in [1.82, 2.24) is 15.5 Å². The Labute approximate surface area is 121 Å². The van der Waals surface area contributed by atoms with E-state index in [2.05, 4.69) is 10.2 Å². The molecule has 1 amide bonds. The van der Waals surface area contributed by atoms with E-state index in [0.717, 1.165) is 12.1 Å². The zero-order valence-electron chi connectivity index (χ0n) is 10.9. The number of aromatic nitrogens is 2. The van der Waals surface area contributed by atoms with Crippen molar-refractivity contribution in [2.75, 3.05) is 0 Å². The largest absolute Gasteiger partial charge is 0.412 e. The van der Waals surface area contributed by atoms with Crippen molar-refractivity contribution in [2.45, 2.75) is 18.6 Å². The standard InChI is InChI=1S/C13H10F5N3O/c14-9-3-1-2-8(11(9)15)12(13(16,17)18)20-10(22)6-7-4-5-19-21-7/h1-5,12H,6H2,(H,19,21)(H,20,22)/t12-/m0/s1. The van der Waals surface area contributed by atoms with E-state index in [1.54, 1.807) is 5.32 Å². The number of carbonyl (C=O) groups excluding carboxylic acids is 1. The summed E-state index contributed by atoms with van der Waals surface area (Å²) < 4.78 is 65.8. The molecule has 0 spiro atoms. The molecule has 1 atom stereocenters. The van der Waals surface area contributed by atoms with E-state index >= 15 is 0 Å². The van der Waals surface area contributed by atoms with E-state index in [-0.39, 0.29) is 5.69 Å². The first kappa shape index (κ1) is 15.9. The Balaban J connectivity index is 2.24. The molecule has 0 bridgehead atoms. The Kier molecular flexibility index (Phi) is 4.43. The van der Waals surface area contributed by atoms with Crippen LogP contribution in [0.2, 0.25) is 0 Å². The Bertz CT molecular complexity index is 654. The summed E-state index contributed by atoms with van der Waals surface area (Å²) in [6.07, 6.45) is -4.04. The fourth-order valence-corrected chi connectivity index (χ4v) is 1.85. The van der Waals surface area contributed by atoms with Crippen LogP contribution in [0.25, 0.3) is 0 Å². The number of halogens is 5. The summed E-state index contributed by atoms with van der Waals surface area (Å²) in [5.41, 5.74) is -0.691. The van der Waals surface area contributed by atoms with E-state index in [4.69, 9.17) is 0 Å². The molecule has 4 nitrogen and oxygen atoms in total. The number of aromatic amines is 1. The second-order valence-electron chi connectivity index (χ2n) is 4.44. The maximum absolute atomic E-state index is 13.6. The number of H-pyrrole nitrogens is 1. The lowest BCUT2D eigenvalue weighted by Gasteiger charge is -2.22. The first-order chi connectivity index (χ1) is 10.3. The summed E-state index contributed by atoms with van der Waals surface area (Å²) in [5, 5.41) is 7.63. The maximum Gasteiger partial charge on any atom is 0.412 e. The molecule has 118 valence electrons. The highest BCUT2D eigenvalue weighted by Crippen LogP contribution is 2.34. The number of rotatable bonds is 4. The number of hydrogen-bond donors (Lipinski definition) is 2. The van der Waals surface area contributed by atoms with E-state index < -0.39 is 41.7 Å². The molecule has 0 unspecified atom stereocenters. The van der Waals surface area contributed by atoms with Gasteiger partial charge >= 0.3 is 6.18 Å². The third kappa shape index (κ3) is 3.60. The van der Waals surface area contributed by atoms with Crippen LogP contribution >= 0.6 is 0 Å². The number of alkyl halides is 3. The molecule has 2 aromatic rings. The molecule has 2 rings (SSSR count). The molecule has 0 radical (unpaired) electrons. The van der Waals surface area contributed by atoms with Crippen molar-refractivity contribution in [3.63, 3.8) is 0 Å². The van der Waals surface area contributed by atoms with Crippen molar-refractivity contribution in [3.05, 3.63) is 53.4 Å². The molecule has 2 N–H and O–H groups in total. The minimum absolute atomic E-state index is 0.290. The number of amides is 1. The number of benzene rings is 1. The van der Waals surface area contributed by atoms with E-state index in [9.17, 15) is 26.7 Å². The first-order valence-electron chi connectivity index (χ1n) is 6.07. The van der Waals surface area contributed by atoms with Crippen LogP contribution in [0, 0.1) is 11.6 Å². The van der Waals surface area contributed by atoms with Crippen molar-refractivity contribution in [1.29, 1.82) is 0 Å². The number of nitrogens with one attached hydrogen (secondary N) is 2. The number of hydrogen-bond acceptors (Lipinski definition) is 2. The second-order valence-corrected chi connectivity index (χ2v) is 4.44. The summed E-state index contributed by atoms with van der Waals surface area (Å²) in [4.78, 5) is 11.7. The van der Waals surface area contributed by atoms with Gasteiger partial charge in [-0.2, -0.15) is 18.3 Å². The smallest absolute Gasteiger partial charge is 0.340 e. The van der Waals surface area contributed by atoms with Gasteiger partial charge in [0.25, 0.3) is 0 Å². The van der Waals surface area contributed by atoms with Gasteiger partial charge in [0.15, 0.2) is 17.7 Å². The number of nitrogens with zero attached hydrogens (tertiary/aromatic N) is 1. The van der Waals surface area contributed by atoms with Crippen LogP contribution in [0.15, 0.2) is 30.5 Å². The SMILES string of the molecule is O=C(Cc1ccn[nH]1)N[C@@H](c1cccc(F)c1F)C(F)(F)F. The fraction of sp³-hybridized carbons (Fsp3) is 0.231. The predicted octanol–water partition coefficient (Wildman–Crippen LogP) is 2.65. The van der Waals surface area contributed by atoms with Crippen LogP contribution in [-0.4, -0.2) is 22.3 Å². The van der Waals surface area contributed by atoms with Crippen LogP contribution < -0.4 is 5.32 Å². The van der Waals surface area contributed by atoms with E-state index in [1.165, 1.54) is 12.3 Å². The summed E-state index contributed by atoms with van der Waals surface area (Å²) in [6.45, 7) is 0. The van der Waals surface area contributed by atoms with E-state index in [1.807, 2.05) is 0 Å². The molecule has 0 fully saturated rings. The highest BCUT2D eigenvalue weighted by Gasteiger charge is 2.43. The zero-order valence-corrected chi connectivity index (χ0v) is 10.9. The van der Waals surface area contributed by atoms with E-state index in [0.29, 0.717) is 6.07 Å². The van der Waals surface area contributed by atoms with Gasteiger partial charge in [-0.3, -0.25) is 9.89 Å². The number of carbonyl (C=O) groups is 1. The Morgan fingerprint density at radius 2 is 2.00 bits per heavy atom. The molecule has 9 heteroatoms. The summed E-state index contributed by atoms with van der Waals surface area (Å²) in [6, 6.07) is 1.17. The average Bonchev–Trinajstić information content (AvgIpc) is 2.91. The van der Waals surface area contributed by atoms with Crippen LogP contribution in [0.4, 0.5) is 22.0 Å². The Hall–Kier alpha value is -2.45. The second kappa shape index (κ2) is 6.12. The predicted molar refractivity (Wildman–Crippen MR) is 65.6 cm³/mol. The van der Waals surface area contributed by atoms with Gasteiger partial charge in [-0.15, -0.1) is 0 Å². The molecular formula is C13H10F5N3O. The monoisotopic (exact) mass is 319 g/mol. The molecule has 0 aliphatic heterocycles. The minimum Gasteiger partial charge on any atom is -0.340 e. The Morgan fingerprint density at radius 1 is 1.27 bits per heavy atom. The molecule has 22 heavy (non-hydrogen) atoms. The molecule has 1 aromatic heterocycles. The molecule has 0 aliphatic rings. The van der Waals surface area contributed by atoms with Crippen molar-refractivity contribution in [3.8, 4) is 0 Å². The first-order valence-corrected chi connectivity index (χ1v) is 6.07. The van der Waals surface area contributed by atoms with Gasteiger partial charge < -0.3 is 5.32 Å². The fourth-order valence-electron chi connectivity index (χ4n) is 1.85. The third-order valence-electron chi connectivity index (χ3n) is 2.83. The van der Waals surface area contributed by atoms with Crippen LogP contribution in [-0.2, 0) is 11.2 Å². The van der Waals surface area contributed by atoms with Crippen LogP contribution in [0.3, 0.4) is 0 Å². The quantitative estimate of drug-likeness (QED) is 0.851. The van der Waals surface area contributed by atoms with Gasteiger partial charge in [0, 0.05) is 17.5 Å². The molecule has 1 aromatic carbocycles. The van der Waals surface area contributed by atoms with Crippen molar-refractivity contribution >= 4 is 5.91 Å². The third-order valence-corrected chi connectivity index (χ3v) is 2.83. The van der Waals surface area contributed by atoms with Gasteiger partial charge in [-0.1, -0.05) is 12.1 Å². The lowest BCUT2D eigenvalue weighted by atomic mass is 10.0. The lowest BCUT2D eigenvalue weighted by Crippen LogP contribution is -2.39. The molecule has 1 heterocycles. The normalized spacial score (nSPS) is 13.0. The molecule has 0 aliphatic carbocycles. The topological polar surface area (TPSA) is 57.8 Å². The summed E-state index contributed by atoms with van der Waals surface area (Å²) in [7, 11) is 0. The van der Waals surface area contributed by atoms with Crippen molar-refractivity contribution in [2.24, 2.45) is 0 Å². The van der Waals surface area contributed by atoms with Crippen LogP contribution in [0.5, 0.6) is 0 Å².